The Morgan fingerprint density at radius 3 is 0.941 bits per heavy atom. The van der Waals surface area contributed by atoms with Crippen molar-refractivity contribution in [1.29, 1.82) is 0 Å². The number of carboxylic acids is 1. The number of ether oxygens (including phenoxy) is 4. The van der Waals surface area contributed by atoms with Crippen LogP contribution in [0.5, 0.6) is 0 Å². The maximum absolute atomic E-state index is 12.9. The number of likely N-dealkylation sites (N-methyl/N-ethyl adjacent to an activating group) is 1. The number of carbonyl (C=O) groups excluding carboxylic acids is 3. The van der Waals surface area contributed by atoms with Crippen LogP contribution in [0.4, 0.5) is 0 Å². The van der Waals surface area contributed by atoms with E-state index in [-0.39, 0.29) is 38.6 Å². The van der Waals surface area contributed by atoms with Crippen LogP contribution in [0.1, 0.15) is 284 Å². The van der Waals surface area contributed by atoms with Gasteiger partial charge in [-0.05, 0) is 103 Å². The van der Waals surface area contributed by atoms with Crippen LogP contribution in [-0.2, 0) is 33.3 Å². The van der Waals surface area contributed by atoms with E-state index >= 15 is 0 Å². The maximum Gasteiger partial charge on any atom is 0.306 e. The van der Waals surface area contributed by atoms with Crippen LogP contribution >= 0.6 is 0 Å². The monoisotopic (exact) mass is 1180 g/mol. The van der Waals surface area contributed by atoms with Crippen molar-refractivity contribution in [1.82, 2.24) is 0 Å². The van der Waals surface area contributed by atoms with E-state index in [4.69, 9.17) is 18.9 Å². The summed E-state index contributed by atoms with van der Waals surface area (Å²) in [4.78, 5) is 37.5. The number of esters is 2. The quantitative estimate of drug-likeness (QED) is 0.0195. The molecule has 0 aliphatic rings. The van der Waals surface area contributed by atoms with Gasteiger partial charge in [0.15, 0.2) is 12.4 Å². The Bertz CT molecular complexity index is 1810. The molecule has 9 nitrogen and oxygen atoms in total. The number of quaternary nitrogens is 1. The fraction of sp³-hybridized carbons (Fsp3) is 0.697. The molecule has 0 aromatic heterocycles. The number of carboxylic acid groups (broad SMARTS) is 1. The van der Waals surface area contributed by atoms with Crippen molar-refractivity contribution in [3.05, 3.63) is 122 Å². The summed E-state index contributed by atoms with van der Waals surface area (Å²) in [6.45, 7) is 4.53. The zero-order valence-corrected chi connectivity index (χ0v) is 55.4. The van der Waals surface area contributed by atoms with Gasteiger partial charge in [-0.25, -0.2) is 0 Å². The smallest absolute Gasteiger partial charge is 0.306 e. The maximum atomic E-state index is 12.9. The molecule has 0 rings (SSSR count). The van der Waals surface area contributed by atoms with Gasteiger partial charge < -0.3 is 33.3 Å². The number of rotatable bonds is 63. The molecule has 0 amide bonds. The van der Waals surface area contributed by atoms with Gasteiger partial charge in [0.1, 0.15) is 13.2 Å². The first kappa shape index (κ1) is 80.7. The predicted octanol–water partition coefficient (Wildman–Crippen LogP) is 20.2. The number of hydrogen-bond donors (Lipinski definition) is 0. The third-order valence-corrected chi connectivity index (χ3v) is 14.7. The van der Waals surface area contributed by atoms with Gasteiger partial charge in [0, 0.05) is 12.8 Å². The first-order valence-electron chi connectivity index (χ1n) is 34.7. The molecule has 85 heavy (non-hydrogen) atoms. The highest BCUT2D eigenvalue weighted by Gasteiger charge is 2.22. The number of nitrogens with zero attached hydrogens (tertiary/aromatic N) is 1. The van der Waals surface area contributed by atoms with Gasteiger partial charge in [-0.1, -0.05) is 289 Å². The minimum absolute atomic E-state index is 0.143. The molecule has 0 heterocycles. The first-order chi connectivity index (χ1) is 41.6. The molecule has 9 heteroatoms. The summed E-state index contributed by atoms with van der Waals surface area (Å²) in [5, 5.41) is 11.8. The van der Waals surface area contributed by atoms with Crippen molar-refractivity contribution in [2.45, 2.75) is 296 Å². The van der Waals surface area contributed by atoms with Crippen molar-refractivity contribution < 1.29 is 42.9 Å². The Balaban J connectivity index is 4.14. The van der Waals surface area contributed by atoms with Crippen LogP contribution in [0, 0.1) is 0 Å². The van der Waals surface area contributed by atoms with Crippen molar-refractivity contribution in [3.8, 4) is 0 Å². The lowest BCUT2D eigenvalue weighted by Gasteiger charge is -2.26. The molecule has 0 bridgehead atoms. The molecular formula is C76H129NO8. The molecule has 0 aliphatic carbocycles. The second kappa shape index (κ2) is 65.7. The first-order valence-corrected chi connectivity index (χ1v) is 34.7. The van der Waals surface area contributed by atoms with Gasteiger partial charge in [-0.2, -0.15) is 0 Å². The van der Waals surface area contributed by atoms with Crippen LogP contribution < -0.4 is 5.11 Å². The topological polar surface area (TPSA) is 111 Å². The molecular weight excluding hydrogens is 1050 g/mol. The van der Waals surface area contributed by atoms with Crippen LogP contribution in [0.3, 0.4) is 0 Å². The lowest BCUT2D eigenvalue weighted by molar-refractivity contribution is -0.870. The summed E-state index contributed by atoms with van der Waals surface area (Å²) in [7, 11) is 5.93. The fourth-order valence-corrected chi connectivity index (χ4v) is 9.47. The van der Waals surface area contributed by atoms with E-state index in [2.05, 4.69) is 135 Å². The molecule has 486 valence electrons. The minimum Gasteiger partial charge on any atom is -0.545 e. The van der Waals surface area contributed by atoms with E-state index in [9.17, 15) is 19.5 Å². The van der Waals surface area contributed by atoms with Gasteiger partial charge in [-0.3, -0.25) is 9.59 Å². The molecule has 0 saturated carbocycles. The molecule has 0 aliphatic heterocycles. The predicted molar refractivity (Wildman–Crippen MR) is 361 cm³/mol. The van der Waals surface area contributed by atoms with Crippen molar-refractivity contribution >= 4 is 17.9 Å². The Morgan fingerprint density at radius 2 is 0.635 bits per heavy atom. The van der Waals surface area contributed by atoms with E-state index in [0.717, 1.165) is 109 Å². The summed E-state index contributed by atoms with van der Waals surface area (Å²) in [5.74, 6) is -2.29. The van der Waals surface area contributed by atoms with Crippen molar-refractivity contribution in [3.63, 3.8) is 0 Å². The van der Waals surface area contributed by atoms with Gasteiger partial charge in [-0.15, -0.1) is 0 Å². The van der Waals surface area contributed by atoms with E-state index in [0.29, 0.717) is 17.4 Å². The van der Waals surface area contributed by atoms with Gasteiger partial charge in [0.2, 0.25) is 0 Å². The second-order valence-electron chi connectivity index (χ2n) is 24.1. The van der Waals surface area contributed by atoms with Crippen LogP contribution in [-0.4, -0.2) is 82.3 Å². The molecule has 2 unspecified atom stereocenters. The molecule has 0 aromatic carbocycles. The molecule has 2 atom stereocenters. The molecule has 0 N–H and O–H groups in total. The van der Waals surface area contributed by atoms with E-state index in [1.165, 1.54) is 141 Å². The van der Waals surface area contributed by atoms with Crippen LogP contribution in [0.2, 0.25) is 0 Å². The Labute approximate surface area is 523 Å². The SMILES string of the molecule is CC/C=C\C/C=C\C/C=C\C/C=C\C/C=C\C/C=C\CCCCCCCCCCCCC(=O)OC(COC(=O)CCCCCCCCCCCCCCCCCCCC/C=C\C/C=C\C/C=C\C/C=C\CC)COC(OCC[N+](C)(C)C)C(=O)[O-]. The van der Waals surface area contributed by atoms with Crippen LogP contribution in [0.15, 0.2) is 122 Å². The zero-order chi connectivity index (χ0) is 61.9. The van der Waals surface area contributed by atoms with Crippen molar-refractivity contribution in [2.24, 2.45) is 0 Å². The normalized spacial score (nSPS) is 13.5. The van der Waals surface area contributed by atoms with Gasteiger partial charge in [0.05, 0.1) is 40.3 Å². The van der Waals surface area contributed by atoms with Crippen molar-refractivity contribution in [2.75, 3.05) is 47.5 Å². The van der Waals surface area contributed by atoms with Crippen LogP contribution in [0.25, 0.3) is 0 Å². The summed E-state index contributed by atoms with van der Waals surface area (Å²) in [6.07, 6.45) is 89.9. The van der Waals surface area contributed by atoms with E-state index in [1.54, 1.807) is 0 Å². The highest BCUT2D eigenvalue weighted by Crippen LogP contribution is 2.17. The highest BCUT2D eigenvalue weighted by atomic mass is 16.7. The number of carbonyl (C=O) groups is 3. The average Bonchev–Trinajstić information content (AvgIpc) is 3.48. The van der Waals surface area contributed by atoms with E-state index in [1.807, 2.05) is 21.1 Å². The number of hydrogen-bond acceptors (Lipinski definition) is 8. The Kier molecular flexibility index (Phi) is 62.3. The minimum atomic E-state index is -1.63. The highest BCUT2D eigenvalue weighted by molar-refractivity contribution is 5.70. The number of aliphatic carboxylic acids is 1. The molecule has 0 radical (unpaired) electrons. The third kappa shape index (κ3) is 67.1. The summed E-state index contributed by atoms with van der Waals surface area (Å²) in [6, 6.07) is 0. The van der Waals surface area contributed by atoms with E-state index < -0.39 is 24.3 Å². The summed E-state index contributed by atoms with van der Waals surface area (Å²) >= 11 is 0. The lowest BCUT2D eigenvalue weighted by Crippen LogP contribution is -2.44. The second-order valence-corrected chi connectivity index (χ2v) is 24.1. The van der Waals surface area contributed by atoms with Gasteiger partial charge >= 0.3 is 11.9 Å². The standard InChI is InChI=1S/C76H129NO8/c1-6-8-10-12-14-16-18-20-22-24-26-28-30-32-34-36-37-39-40-42-44-46-48-50-52-54-56-58-60-62-64-66-73(78)83-70-72(71-84-76(75(80)81)82-69-68-77(3,4)5)85-74(79)67-65-63-61-59-57-55-53-51-49-47-45-43-41-38-35-33-31-29-27-25-23-21-19-17-15-13-11-9-7-2/h8-11,14-17,20-23,26-29,33,35,41,43,72,76H,6-7,12-13,18-19,24-25,30-32,34,36-40,42,44-71H2,1-5H3/b10-8-,11-9-,16-14-,17-15-,22-20-,23-21-,28-26-,29-27-,35-33-,43-41-. The molecule has 0 saturated heterocycles. The zero-order valence-electron chi connectivity index (χ0n) is 55.4. The lowest BCUT2D eigenvalue weighted by atomic mass is 10.0. The molecule has 0 fully saturated rings. The van der Waals surface area contributed by atoms with Gasteiger partial charge in [0.25, 0.3) is 0 Å². The Hall–Kier alpha value is -4.31. The third-order valence-electron chi connectivity index (χ3n) is 14.7. The average molecular weight is 1180 g/mol. The number of allylic oxidation sites excluding steroid dienone is 20. The Morgan fingerprint density at radius 1 is 0.353 bits per heavy atom. The number of unbranched alkanes of at least 4 members (excludes halogenated alkanes) is 28. The fourth-order valence-electron chi connectivity index (χ4n) is 9.47. The summed E-state index contributed by atoms with van der Waals surface area (Å²) in [5.41, 5.74) is 0. The molecule has 0 spiro atoms. The largest absolute Gasteiger partial charge is 0.545 e. The summed E-state index contributed by atoms with van der Waals surface area (Å²) < 4.78 is 22.8. The molecule has 0 aromatic rings.